The fourth-order valence-corrected chi connectivity index (χ4v) is 2.69. The predicted octanol–water partition coefficient (Wildman–Crippen LogP) is 0.808. The zero-order chi connectivity index (χ0) is 19.7. The van der Waals surface area contributed by atoms with Crippen molar-refractivity contribution in [3.05, 3.63) is 60.8 Å². The fourth-order valence-electron chi connectivity index (χ4n) is 2.69. The number of hydrogen-bond donors (Lipinski definition) is 1. The van der Waals surface area contributed by atoms with Gasteiger partial charge in [0.05, 0.1) is 11.1 Å². The van der Waals surface area contributed by atoms with Gasteiger partial charge in [-0.25, -0.2) is 10.2 Å². The van der Waals surface area contributed by atoms with E-state index in [-0.39, 0.29) is 11.3 Å². The number of nitro benzene ring substituents is 1. The molecular weight excluding hydrogens is 354 g/mol. The highest BCUT2D eigenvalue weighted by Gasteiger charge is 2.17. The number of fused-ring (bicyclic) bond motifs is 1. The number of nitro groups is 1. The van der Waals surface area contributed by atoms with E-state index in [9.17, 15) is 19.7 Å². The van der Waals surface area contributed by atoms with Crippen LogP contribution in [0.25, 0.3) is 11.2 Å². The molecule has 0 fully saturated rings. The zero-order valence-electron chi connectivity index (χ0n) is 14.9. The molecule has 0 saturated carbocycles. The van der Waals surface area contributed by atoms with Gasteiger partial charge in [-0.15, -0.1) is 0 Å². The van der Waals surface area contributed by atoms with Crippen molar-refractivity contribution < 1.29 is 4.92 Å². The number of benzene rings is 1. The Morgan fingerprint density at radius 2 is 1.89 bits per heavy atom. The van der Waals surface area contributed by atoms with Gasteiger partial charge >= 0.3 is 5.69 Å². The second-order valence-corrected chi connectivity index (χ2v) is 5.78. The van der Waals surface area contributed by atoms with E-state index >= 15 is 0 Å². The number of nitrogens with one attached hydrogen (secondary N) is 1. The van der Waals surface area contributed by atoms with Gasteiger partial charge < -0.3 is 4.57 Å². The smallest absolute Gasteiger partial charge is 0.303 e. The molecule has 1 N–H and O–H groups in total. The zero-order valence-corrected chi connectivity index (χ0v) is 14.9. The van der Waals surface area contributed by atoms with Crippen molar-refractivity contribution in [2.75, 3.05) is 5.43 Å². The minimum atomic E-state index is -0.479. The number of hydrazone groups is 1. The molecule has 2 aromatic heterocycles. The molecule has 140 valence electrons. The number of imidazole rings is 1. The maximum Gasteiger partial charge on any atom is 0.332 e. The van der Waals surface area contributed by atoms with Crippen molar-refractivity contribution in [1.29, 1.82) is 0 Å². The lowest BCUT2D eigenvalue weighted by molar-refractivity contribution is -0.384. The van der Waals surface area contributed by atoms with Gasteiger partial charge in [-0.2, -0.15) is 10.1 Å². The summed E-state index contributed by atoms with van der Waals surface area (Å²) in [5.41, 5.74) is 3.06. The van der Waals surface area contributed by atoms with E-state index in [2.05, 4.69) is 15.5 Å². The van der Waals surface area contributed by atoms with E-state index < -0.39 is 16.2 Å². The highest BCUT2D eigenvalue weighted by Crippen LogP contribution is 2.15. The van der Waals surface area contributed by atoms with Gasteiger partial charge in [-0.1, -0.05) is 0 Å². The first-order valence-electron chi connectivity index (χ1n) is 8.05. The Bertz CT molecular complexity index is 1170. The van der Waals surface area contributed by atoms with Crippen molar-refractivity contribution in [2.24, 2.45) is 19.2 Å². The number of nitrogens with zero attached hydrogens (tertiary/aromatic N) is 6. The van der Waals surface area contributed by atoms with Gasteiger partial charge in [0.2, 0.25) is 5.95 Å². The molecule has 0 amide bonds. The van der Waals surface area contributed by atoms with Crippen LogP contribution in [0.5, 0.6) is 0 Å². The number of anilines is 1. The molecule has 0 unspecified atom stereocenters. The normalized spacial score (nSPS) is 11.4. The molecule has 0 bridgehead atoms. The van der Waals surface area contributed by atoms with Gasteiger partial charge in [-0.3, -0.25) is 24.0 Å². The van der Waals surface area contributed by atoms with Crippen LogP contribution in [0.2, 0.25) is 0 Å². The number of hydrogen-bond acceptors (Lipinski definition) is 7. The maximum atomic E-state index is 12.4. The van der Waals surface area contributed by atoms with E-state index in [0.717, 1.165) is 4.57 Å². The Hall–Kier alpha value is -3.76. The lowest BCUT2D eigenvalue weighted by Gasteiger charge is -2.05. The lowest BCUT2D eigenvalue weighted by Crippen LogP contribution is -2.37. The molecule has 0 atom stereocenters. The van der Waals surface area contributed by atoms with Gasteiger partial charge in [-0.05, 0) is 24.6 Å². The molecule has 1 aromatic carbocycles. The molecule has 3 aromatic rings. The Kier molecular flexibility index (Phi) is 4.59. The summed E-state index contributed by atoms with van der Waals surface area (Å²) in [7, 11) is 2.96. The van der Waals surface area contributed by atoms with Gasteiger partial charge in [0.25, 0.3) is 11.2 Å². The quantitative estimate of drug-likeness (QED) is 0.401. The summed E-state index contributed by atoms with van der Waals surface area (Å²) in [4.78, 5) is 39.0. The molecule has 27 heavy (non-hydrogen) atoms. The molecule has 0 aliphatic heterocycles. The van der Waals surface area contributed by atoms with Crippen LogP contribution in [0.1, 0.15) is 12.5 Å². The Morgan fingerprint density at radius 3 is 2.48 bits per heavy atom. The average Bonchev–Trinajstić information content (AvgIpc) is 3.03. The van der Waals surface area contributed by atoms with Crippen LogP contribution in [0.15, 0.2) is 39.0 Å². The second kappa shape index (κ2) is 6.86. The van der Waals surface area contributed by atoms with Crippen LogP contribution in [0, 0.1) is 10.1 Å². The van der Waals surface area contributed by atoms with Gasteiger partial charge in [0.15, 0.2) is 11.2 Å². The second-order valence-electron chi connectivity index (χ2n) is 5.78. The minimum Gasteiger partial charge on any atom is -0.303 e. The van der Waals surface area contributed by atoms with Crippen LogP contribution in [-0.2, 0) is 20.6 Å². The van der Waals surface area contributed by atoms with Gasteiger partial charge in [0, 0.05) is 32.8 Å². The summed E-state index contributed by atoms with van der Waals surface area (Å²) in [6.07, 6.45) is 1.47. The Balaban J connectivity index is 1.96. The van der Waals surface area contributed by atoms with Crippen molar-refractivity contribution in [3.8, 4) is 0 Å². The maximum absolute atomic E-state index is 12.4. The van der Waals surface area contributed by atoms with Crippen LogP contribution in [0.3, 0.4) is 0 Å². The number of non-ortho nitro benzene ring substituents is 1. The first kappa shape index (κ1) is 18.0. The van der Waals surface area contributed by atoms with E-state index in [4.69, 9.17) is 0 Å². The standard InChI is InChI=1S/C16H17N7O4/c1-4-22-12-13(20(2)16(25)21(3)14(12)24)18-15(22)19-17-9-10-5-7-11(8-6-10)23(26)27/h5-9H,4H2,1-3H3,(H,18,19)/b17-9-. The third-order valence-corrected chi connectivity index (χ3v) is 4.15. The molecule has 0 radical (unpaired) electrons. The SMILES string of the molecule is CCn1c(N/N=C\c2ccc([N+](=O)[O-])cc2)nc2c1c(=O)n(C)c(=O)n2C. The van der Waals surface area contributed by atoms with Crippen LogP contribution in [0.4, 0.5) is 11.6 Å². The molecule has 0 aliphatic carbocycles. The van der Waals surface area contributed by atoms with E-state index in [0.29, 0.717) is 23.6 Å². The van der Waals surface area contributed by atoms with Crippen molar-refractivity contribution in [2.45, 2.75) is 13.5 Å². The highest BCUT2D eigenvalue weighted by atomic mass is 16.6. The largest absolute Gasteiger partial charge is 0.332 e. The number of rotatable bonds is 5. The molecule has 2 heterocycles. The summed E-state index contributed by atoms with van der Waals surface area (Å²) in [6, 6.07) is 5.88. The third kappa shape index (κ3) is 3.10. The first-order valence-corrected chi connectivity index (χ1v) is 8.05. The molecule has 0 saturated heterocycles. The van der Waals surface area contributed by atoms with Crippen molar-refractivity contribution in [3.63, 3.8) is 0 Å². The van der Waals surface area contributed by atoms with Crippen molar-refractivity contribution in [1.82, 2.24) is 18.7 Å². The summed E-state index contributed by atoms with van der Waals surface area (Å²) < 4.78 is 3.96. The number of aromatic nitrogens is 4. The molecular formula is C16H17N7O4. The van der Waals surface area contributed by atoms with E-state index in [1.54, 1.807) is 23.7 Å². The van der Waals surface area contributed by atoms with Gasteiger partial charge in [0.1, 0.15) is 0 Å². The van der Waals surface area contributed by atoms with Crippen LogP contribution < -0.4 is 16.7 Å². The summed E-state index contributed by atoms with van der Waals surface area (Å²) >= 11 is 0. The molecule has 0 aliphatic rings. The summed E-state index contributed by atoms with van der Waals surface area (Å²) in [6.45, 7) is 2.29. The fraction of sp³-hybridized carbons (Fsp3) is 0.250. The monoisotopic (exact) mass is 371 g/mol. The van der Waals surface area contributed by atoms with Crippen LogP contribution in [-0.4, -0.2) is 29.8 Å². The summed E-state index contributed by atoms with van der Waals surface area (Å²) in [5, 5.41) is 14.7. The van der Waals surface area contributed by atoms with Crippen LogP contribution >= 0.6 is 0 Å². The minimum absolute atomic E-state index is 0.00959. The van der Waals surface area contributed by atoms with E-state index in [1.165, 1.54) is 30.0 Å². The highest BCUT2D eigenvalue weighted by molar-refractivity contribution is 5.81. The molecule has 0 spiro atoms. The van der Waals surface area contributed by atoms with Crippen molar-refractivity contribution >= 4 is 29.0 Å². The van der Waals surface area contributed by atoms with E-state index in [1.807, 2.05) is 6.92 Å². The topological polar surface area (TPSA) is 129 Å². The number of aryl methyl sites for hydroxylation is 2. The molecule has 11 heteroatoms. The predicted molar refractivity (Wildman–Crippen MR) is 100 cm³/mol. The third-order valence-electron chi connectivity index (χ3n) is 4.15. The molecule has 3 rings (SSSR count). The Labute approximate surface area is 152 Å². The average molecular weight is 371 g/mol. The first-order chi connectivity index (χ1) is 12.8. The molecule has 11 nitrogen and oxygen atoms in total. The lowest BCUT2D eigenvalue weighted by atomic mass is 10.2. The summed E-state index contributed by atoms with van der Waals surface area (Å²) in [5.74, 6) is 0.309. The Morgan fingerprint density at radius 1 is 1.22 bits per heavy atom.